The number of carbonyl (C=O) groups excluding carboxylic acids is 7. The number of rotatable bonds is 20. The van der Waals surface area contributed by atoms with E-state index in [-0.39, 0.29) is 93.4 Å². The molecule has 5 aliphatic rings. The minimum Gasteiger partial charge on any atom is -0.682 e. The Morgan fingerprint density at radius 2 is 1.25 bits per heavy atom. The first-order valence-corrected chi connectivity index (χ1v) is 23.2. The fraction of sp³-hybridized carbons (Fsp3) is 0.667. The number of hydrogen-bond acceptors (Lipinski definition) is 11. The summed E-state index contributed by atoms with van der Waals surface area (Å²) in [6.07, 6.45) is 1.02. The van der Waals surface area contributed by atoms with Crippen molar-refractivity contribution >= 4 is 58.5 Å². The van der Waals surface area contributed by atoms with Gasteiger partial charge in [-0.05, 0) is 81.9 Å². The third kappa shape index (κ3) is 10.4. The second kappa shape index (κ2) is 20.4. The van der Waals surface area contributed by atoms with Crippen molar-refractivity contribution in [2.24, 2.45) is 94.7 Å². The van der Waals surface area contributed by atoms with Gasteiger partial charge in [-0.1, -0.05) is 40.7 Å². The Morgan fingerprint density at radius 1 is 0.706 bits per heavy atom. The zero-order valence-corrected chi connectivity index (χ0v) is 42.0. The molecule has 20 heteroatoms. The molecule has 1 fully saturated rings. The number of nitrogens with two attached hydrogens (primary N) is 6. The summed E-state index contributed by atoms with van der Waals surface area (Å²) in [5, 5.41) is 18.3. The molecule has 0 aromatic carbocycles. The SMILES string of the molecule is CC1=C2N=C(C=C3N=C(C(C)=C4[N-]C(C(CC(N)=O)C4(C)CCC(=O)NCC(C)O)C4(C)N=C1C(CCC(N)=O)C4(C)CC(N)=O)C(CCC(N)=O)C3(C)C)C(CCC(N)=O)C2(C)CC(N)=O.[Co+3]. The number of allylic oxidation sites excluding steroid dienone is 6. The van der Waals surface area contributed by atoms with Gasteiger partial charge < -0.3 is 50.1 Å². The standard InChI is InChI=1S/C48H73N11O8.Co/c1-23(60)22-55-38(67)16-17-45(6)29(18-35(52)64)43-48(9)47(8,21-37(54)66)28(12-15-34(51)63)40(59-48)25(3)42-46(7,20-36(53)65)26(10-13-32(49)61)30(56-42)19-31-44(4,5)27(11-14-33(50)62)39(57-31)24(2)41(45)58-43;/h19,23,26-29,43,60H,10-18,20-22H2,1-9H3,(H14,49,50,51,52,53,54,55,56,57,58,59,61,62,63,64,65,66,67);/q;+3/p-1. The molecule has 10 atom stereocenters. The second-order valence-corrected chi connectivity index (χ2v) is 21.1. The zero-order valence-electron chi connectivity index (χ0n) is 40.9. The number of aliphatic hydroxyl groups is 1. The van der Waals surface area contributed by atoms with Gasteiger partial charge in [0.25, 0.3) is 0 Å². The molecule has 0 saturated carbocycles. The predicted octanol–water partition coefficient (Wildman–Crippen LogP) is 2.52. The number of nitrogens with zero attached hydrogens (tertiary/aromatic N) is 4. The third-order valence-electron chi connectivity index (χ3n) is 16.0. The molecule has 1 saturated heterocycles. The molecule has 10 unspecified atom stereocenters. The van der Waals surface area contributed by atoms with Crippen molar-refractivity contribution < 1.29 is 55.4 Å². The average molecular weight is 990 g/mol. The van der Waals surface area contributed by atoms with E-state index >= 15 is 0 Å². The monoisotopic (exact) mass is 989 g/mol. The van der Waals surface area contributed by atoms with Crippen LogP contribution in [0.5, 0.6) is 0 Å². The van der Waals surface area contributed by atoms with Crippen LogP contribution in [0.3, 0.4) is 0 Å². The number of aliphatic imine (C=N–C) groups is 3. The molecule has 14 N–H and O–H groups in total. The topological polar surface area (TPSA) is 359 Å². The smallest absolute Gasteiger partial charge is 0.682 e. The van der Waals surface area contributed by atoms with E-state index in [9.17, 15) is 38.7 Å². The Labute approximate surface area is 409 Å². The maximum Gasteiger partial charge on any atom is 3.00 e. The van der Waals surface area contributed by atoms with Gasteiger partial charge in [0.2, 0.25) is 41.4 Å². The summed E-state index contributed by atoms with van der Waals surface area (Å²) in [5.41, 5.74) is 34.4. The van der Waals surface area contributed by atoms with E-state index in [1.54, 1.807) is 6.92 Å². The van der Waals surface area contributed by atoms with Crippen molar-refractivity contribution in [3.8, 4) is 0 Å². The largest absolute Gasteiger partial charge is 3.00 e. The first-order valence-electron chi connectivity index (χ1n) is 23.2. The number of hydrogen-bond donors (Lipinski definition) is 8. The first-order chi connectivity index (χ1) is 30.9. The Bertz CT molecular complexity index is 2320. The van der Waals surface area contributed by atoms with Gasteiger partial charge in [0.05, 0.1) is 17.3 Å². The number of aliphatic hydroxyl groups excluding tert-OH is 1. The van der Waals surface area contributed by atoms with Gasteiger partial charge in [0, 0.05) is 108 Å². The van der Waals surface area contributed by atoms with Gasteiger partial charge in [0.1, 0.15) is 0 Å². The summed E-state index contributed by atoms with van der Waals surface area (Å²) in [6, 6.07) is -0.923. The molecule has 0 spiro atoms. The van der Waals surface area contributed by atoms with Crippen molar-refractivity contribution in [2.45, 2.75) is 151 Å². The van der Waals surface area contributed by atoms with E-state index in [2.05, 4.69) is 5.32 Å². The van der Waals surface area contributed by atoms with Gasteiger partial charge >= 0.3 is 16.8 Å². The van der Waals surface area contributed by atoms with Gasteiger partial charge in [-0.2, -0.15) is 5.70 Å². The molecular weight excluding hydrogens is 918 g/mol. The minimum absolute atomic E-state index is 0. The molecule has 68 heavy (non-hydrogen) atoms. The van der Waals surface area contributed by atoms with Crippen LogP contribution >= 0.6 is 0 Å². The molecule has 0 aromatic rings. The van der Waals surface area contributed by atoms with Crippen LogP contribution in [0.1, 0.15) is 133 Å². The Balaban J connectivity index is 0.0000101. The van der Waals surface area contributed by atoms with Crippen molar-refractivity contribution in [3.05, 3.63) is 39.6 Å². The quantitative estimate of drug-likeness (QED) is 0.0894. The van der Waals surface area contributed by atoms with Crippen molar-refractivity contribution in [1.29, 1.82) is 0 Å². The molecule has 0 radical (unpaired) electrons. The number of nitrogens with one attached hydrogen (secondary N) is 1. The van der Waals surface area contributed by atoms with Crippen molar-refractivity contribution in [2.75, 3.05) is 6.54 Å². The fourth-order valence-electron chi connectivity index (χ4n) is 12.2. The van der Waals surface area contributed by atoms with Crippen LogP contribution in [-0.4, -0.2) is 87.8 Å². The van der Waals surface area contributed by atoms with Gasteiger partial charge in [0.15, 0.2) is 0 Å². The average Bonchev–Trinajstić information content (AvgIpc) is 3.80. The van der Waals surface area contributed by atoms with E-state index in [4.69, 9.17) is 54.7 Å². The van der Waals surface area contributed by atoms with Crippen molar-refractivity contribution in [1.82, 2.24) is 5.32 Å². The maximum atomic E-state index is 13.5. The summed E-state index contributed by atoms with van der Waals surface area (Å²) >= 11 is 0. The normalized spacial score (nSPS) is 31.8. The molecular formula is C48H72CoN11O8+2. The Morgan fingerprint density at radius 3 is 1.76 bits per heavy atom. The van der Waals surface area contributed by atoms with Gasteiger partial charge in [-0.15, -0.1) is 0 Å². The number of carbonyl (C=O) groups is 7. The van der Waals surface area contributed by atoms with Crippen LogP contribution in [0, 0.1) is 45.3 Å². The first kappa shape index (κ1) is 55.4. The van der Waals surface area contributed by atoms with Crippen LogP contribution in [0.2, 0.25) is 0 Å². The molecule has 5 rings (SSSR count). The van der Waals surface area contributed by atoms with E-state index < -0.39 is 98.5 Å². The second-order valence-electron chi connectivity index (χ2n) is 21.1. The van der Waals surface area contributed by atoms with Crippen LogP contribution < -0.4 is 39.7 Å². The van der Waals surface area contributed by atoms with Gasteiger partial charge in [-0.25, -0.2) is 0 Å². The summed E-state index contributed by atoms with van der Waals surface area (Å²) in [4.78, 5) is 108. The van der Waals surface area contributed by atoms with Crippen LogP contribution in [0.4, 0.5) is 0 Å². The third-order valence-corrected chi connectivity index (χ3v) is 16.0. The molecule has 19 nitrogen and oxygen atoms in total. The minimum atomic E-state index is -1.40. The van der Waals surface area contributed by atoms with Gasteiger partial charge in [-0.3, -0.25) is 48.5 Å². The van der Waals surface area contributed by atoms with E-state index in [0.29, 0.717) is 51.8 Å². The molecule has 7 amide bonds. The van der Waals surface area contributed by atoms with Crippen molar-refractivity contribution in [3.63, 3.8) is 0 Å². The Kier molecular flexibility index (Phi) is 16.6. The summed E-state index contributed by atoms with van der Waals surface area (Å²) in [6.45, 7) is 16.8. The summed E-state index contributed by atoms with van der Waals surface area (Å²) in [7, 11) is 0. The van der Waals surface area contributed by atoms with Crippen LogP contribution in [0.15, 0.2) is 49.3 Å². The number of primary amides is 6. The molecule has 8 bridgehead atoms. The van der Waals surface area contributed by atoms with Crippen LogP contribution in [-0.2, 0) is 50.3 Å². The molecule has 0 aromatic heterocycles. The summed E-state index contributed by atoms with van der Waals surface area (Å²) < 4.78 is 0. The fourth-order valence-corrected chi connectivity index (χ4v) is 12.2. The maximum absolute atomic E-state index is 13.5. The Hall–Kier alpha value is -5.21. The number of fused-ring (bicyclic) bond motifs is 6. The molecule has 5 heterocycles. The number of amides is 7. The summed E-state index contributed by atoms with van der Waals surface area (Å²) in [5.74, 6) is -6.42. The molecule has 5 aliphatic heterocycles. The zero-order chi connectivity index (χ0) is 50.4. The van der Waals surface area contributed by atoms with Crippen LogP contribution in [0.25, 0.3) is 5.32 Å². The molecule has 0 aliphatic carbocycles. The van der Waals surface area contributed by atoms with E-state index in [0.717, 1.165) is 0 Å². The molecule has 374 valence electrons. The van der Waals surface area contributed by atoms with E-state index in [1.165, 1.54) is 0 Å². The van der Waals surface area contributed by atoms with E-state index in [1.807, 2.05) is 61.5 Å². The predicted molar refractivity (Wildman–Crippen MR) is 254 cm³/mol.